The van der Waals surface area contributed by atoms with Crippen molar-refractivity contribution in [2.24, 2.45) is 0 Å². The summed E-state index contributed by atoms with van der Waals surface area (Å²) in [4.78, 5) is 12.4. The molecule has 2 N–H and O–H groups in total. The molecule has 2 aromatic carbocycles. The summed E-state index contributed by atoms with van der Waals surface area (Å²) in [7, 11) is 1.48. The number of ketones is 1. The van der Waals surface area contributed by atoms with Crippen LogP contribution in [0.1, 0.15) is 15.9 Å². The predicted octanol–water partition coefficient (Wildman–Crippen LogP) is 3.25. The molecule has 98 valence electrons. The van der Waals surface area contributed by atoms with E-state index in [1.807, 2.05) is 6.07 Å². The van der Waals surface area contributed by atoms with Gasteiger partial charge in [0.05, 0.1) is 12.7 Å². The molecule has 0 aromatic heterocycles. The molecule has 2 aromatic rings. The summed E-state index contributed by atoms with van der Waals surface area (Å²) in [5.41, 5.74) is 6.48. The fourth-order valence-electron chi connectivity index (χ4n) is 1.73. The molecule has 0 radical (unpaired) electrons. The number of halogens is 2. The van der Waals surface area contributed by atoms with E-state index in [0.29, 0.717) is 11.3 Å². The molecule has 0 saturated carbocycles. The molecular formula is C14H11FINO2. The molecule has 0 saturated heterocycles. The first-order valence-corrected chi connectivity index (χ1v) is 6.54. The quantitative estimate of drug-likeness (QED) is 0.512. The van der Waals surface area contributed by atoms with E-state index < -0.39 is 5.82 Å². The highest BCUT2D eigenvalue weighted by atomic mass is 127. The molecule has 0 bridgehead atoms. The highest BCUT2D eigenvalue weighted by Gasteiger charge is 2.17. The smallest absolute Gasteiger partial charge is 0.198 e. The largest absolute Gasteiger partial charge is 0.496 e. The van der Waals surface area contributed by atoms with Crippen LogP contribution in [0.15, 0.2) is 36.4 Å². The average molecular weight is 371 g/mol. The number of hydrogen-bond donors (Lipinski definition) is 1. The minimum atomic E-state index is -0.498. The van der Waals surface area contributed by atoms with Crippen LogP contribution in [0.25, 0.3) is 0 Å². The van der Waals surface area contributed by atoms with Crippen molar-refractivity contribution in [3.8, 4) is 5.75 Å². The van der Waals surface area contributed by atoms with Crippen molar-refractivity contribution >= 4 is 34.1 Å². The van der Waals surface area contributed by atoms with Gasteiger partial charge in [-0.25, -0.2) is 4.39 Å². The van der Waals surface area contributed by atoms with Crippen molar-refractivity contribution in [3.05, 3.63) is 56.9 Å². The van der Waals surface area contributed by atoms with Crippen molar-refractivity contribution in [3.63, 3.8) is 0 Å². The number of rotatable bonds is 3. The van der Waals surface area contributed by atoms with Crippen molar-refractivity contribution in [1.82, 2.24) is 0 Å². The Morgan fingerprint density at radius 1 is 1.21 bits per heavy atom. The van der Waals surface area contributed by atoms with Crippen LogP contribution in [0.5, 0.6) is 5.75 Å². The Labute approximate surface area is 123 Å². The molecule has 0 atom stereocenters. The van der Waals surface area contributed by atoms with Gasteiger partial charge in [-0.3, -0.25) is 4.79 Å². The molecule has 2 rings (SSSR count). The standard InChI is InChI=1S/C14H11FINO2/c1-19-13-5-3-9(16)7-11(13)14(18)10-6-8(15)2-4-12(10)17/h2-7H,17H2,1H3. The lowest BCUT2D eigenvalue weighted by molar-refractivity contribution is 0.103. The molecule has 0 aliphatic carbocycles. The van der Waals surface area contributed by atoms with E-state index in [2.05, 4.69) is 22.6 Å². The van der Waals surface area contributed by atoms with Crippen LogP contribution in [-0.2, 0) is 0 Å². The number of anilines is 1. The van der Waals surface area contributed by atoms with E-state index in [0.717, 1.165) is 9.64 Å². The number of nitrogen functional groups attached to an aromatic ring is 1. The lowest BCUT2D eigenvalue weighted by atomic mass is 10.0. The third-order valence-corrected chi connectivity index (χ3v) is 3.34. The molecule has 0 amide bonds. The molecule has 5 heteroatoms. The fourth-order valence-corrected chi connectivity index (χ4v) is 2.22. The van der Waals surface area contributed by atoms with Crippen molar-refractivity contribution < 1.29 is 13.9 Å². The molecule has 0 unspecified atom stereocenters. The van der Waals surface area contributed by atoms with Crippen LogP contribution in [0.2, 0.25) is 0 Å². The zero-order chi connectivity index (χ0) is 14.0. The lowest BCUT2D eigenvalue weighted by Gasteiger charge is -2.10. The number of nitrogens with two attached hydrogens (primary N) is 1. The first-order valence-electron chi connectivity index (χ1n) is 5.46. The zero-order valence-corrected chi connectivity index (χ0v) is 12.3. The van der Waals surface area contributed by atoms with Gasteiger partial charge in [-0.05, 0) is 59.0 Å². The van der Waals surface area contributed by atoms with Gasteiger partial charge in [0, 0.05) is 14.8 Å². The van der Waals surface area contributed by atoms with Gasteiger partial charge in [-0.1, -0.05) is 0 Å². The van der Waals surface area contributed by atoms with Crippen LogP contribution in [0, 0.1) is 9.39 Å². The predicted molar refractivity (Wildman–Crippen MR) is 80.0 cm³/mol. The normalized spacial score (nSPS) is 10.3. The number of carbonyl (C=O) groups excluding carboxylic acids is 1. The number of ether oxygens (including phenoxy) is 1. The lowest BCUT2D eigenvalue weighted by Crippen LogP contribution is -2.08. The fraction of sp³-hybridized carbons (Fsp3) is 0.0714. The second-order valence-electron chi connectivity index (χ2n) is 3.91. The van der Waals surface area contributed by atoms with Crippen LogP contribution < -0.4 is 10.5 Å². The molecule has 0 aliphatic rings. The Hall–Kier alpha value is -1.63. The highest BCUT2D eigenvalue weighted by molar-refractivity contribution is 14.1. The summed E-state index contributed by atoms with van der Waals surface area (Å²) in [5, 5.41) is 0. The molecule has 19 heavy (non-hydrogen) atoms. The number of hydrogen-bond acceptors (Lipinski definition) is 3. The number of carbonyl (C=O) groups is 1. The second-order valence-corrected chi connectivity index (χ2v) is 5.15. The Morgan fingerprint density at radius 2 is 1.95 bits per heavy atom. The second kappa shape index (κ2) is 5.56. The summed E-state index contributed by atoms with van der Waals surface area (Å²) in [6.45, 7) is 0. The monoisotopic (exact) mass is 371 g/mol. The summed E-state index contributed by atoms with van der Waals surface area (Å²) in [6.07, 6.45) is 0. The number of benzene rings is 2. The first kappa shape index (κ1) is 13.8. The van der Waals surface area contributed by atoms with Gasteiger partial charge in [-0.2, -0.15) is 0 Å². The third-order valence-electron chi connectivity index (χ3n) is 2.67. The van der Waals surface area contributed by atoms with Gasteiger partial charge in [0.15, 0.2) is 5.78 Å². The van der Waals surface area contributed by atoms with E-state index in [1.54, 1.807) is 12.1 Å². The zero-order valence-electron chi connectivity index (χ0n) is 10.1. The molecule has 3 nitrogen and oxygen atoms in total. The first-order chi connectivity index (χ1) is 9.02. The van der Waals surface area contributed by atoms with E-state index in [9.17, 15) is 9.18 Å². The van der Waals surface area contributed by atoms with E-state index in [-0.39, 0.29) is 17.0 Å². The van der Waals surface area contributed by atoms with Crippen LogP contribution in [0.4, 0.5) is 10.1 Å². The van der Waals surface area contributed by atoms with Crippen LogP contribution >= 0.6 is 22.6 Å². The summed E-state index contributed by atoms with van der Waals surface area (Å²) < 4.78 is 19.3. The minimum absolute atomic E-state index is 0.139. The molecular weight excluding hydrogens is 360 g/mol. The van der Waals surface area contributed by atoms with Crippen molar-refractivity contribution in [1.29, 1.82) is 0 Å². The average Bonchev–Trinajstić information content (AvgIpc) is 2.40. The summed E-state index contributed by atoms with van der Waals surface area (Å²) in [6, 6.07) is 8.94. The SMILES string of the molecule is COc1ccc(I)cc1C(=O)c1cc(F)ccc1N. The molecule has 0 spiro atoms. The molecule has 0 heterocycles. The Balaban J connectivity index is 2.55. The van der Waals surface area contributed by atoms with Gasteiger partial charge < -0.3 is 10.5 Å². The topological polar surface area (TPSA) is 52.3 Å². The maximum Gasteiger partial charge on any atom is 0.198 e. The van der Waals surface area contributed by atoms with Crippen LogP contribution in [0.3, 0.4) is 0 Å². The minimum Gasteiger partial charge on any atom is -0.496 e. The third kappa shape index (κ3) is 2.86. The summed E-state index contributed by atoms with van der Waals surface area (Å²) in [5.74, 6) is -0.413. The van der Waals surface area contributed by atoms with Gasteiger partial charge >= 0.3 is 0 Å². The van der Waals surface area contributed by atoms with E-state index >= 15 is 0 Å². The van der Waals surface area contributed by atoms with E-state index in [1.165, 1.54) is 19.2 Å². The maximum atomic E-state index is 13.2. The van der Waals surface area contributed by atoms with Gasteiger partial charge in [0.2, 0.25) is 0 Å². The van der Waals surface area contributed by atoms with E-state index in [4.69, 9.17) is 10.5 Å². The van der Waals surface area contributed by atoms with Gasteiger partial charge in [0.1, 0.15) is 11.6 Å². The highest BCUT2D eigenvalue weighted by Crippen LogP contribution is 2.26. The van der Waals surface area contributed by atoms with Crippen molar-refractivity contribution in [2.75, 3.05) is 12.8 Å². The Morgan fingerprint density at radius 3 is 2.63 bits per heavy atom. The molecule has 0 fully saturated rings. The van der Waals surface area contributed by atoms with Gasteiger partial charge in [-0.15, -0.1) is 0 Å². The Kier molecular flexibility index (Phi) is 4.04. The Bertz CT molecular complexity index is 643. The van der Waals surface area contributed by atoms with Crippen LogP contribution in [-0.4, -0.2) is 12.9 Å². The molecule has 0 aliphatic heterocycles. The number of methoxy groups -OCH3 is 1. The van der Waals surface area contributed by atoms with Crippen molar-refractivity contribution in [2.45, 2.75) is 0 Å². The van der Waals surface area contributed by atoms with Gasteiger partial charge in [0.25, 0.3) is 0 Å². The maximum absolute atomic E-state index is 13.2. The summed E-state index contributed by atoms with van der Waals surface area (Å²) >= 11 is 2.09.